The molecule has 2 heterocycles. The number of anilines is 1. The number of carbonyl (C=O) groups excluding carboxylic acids is 2. The summed E-state index contributed by atoms with van der Waals surface area (Å²) in [5.41, 5.74) is 2.48. The summed E-state index contributed by atoms with van der Waals surface area (Å²) in [7, 11) is 0. The third-order valence-corrected chi connectivity index (χ3v) is 5.08. The number of thiazole rings is 1. The molecule has 2 aliphatic rings. The predicted octanol–water partition coefficient (Wildman–Crippen LogP) is 2.35. The van der Waals surface area contributed by atoms with Crippen LogP contribution in [0.5, 0.6) is 0 Å². The number of aromatic nitrogens is 1. The van der Waals surface area contributed by atoms with Crippen molar-refractivity contribution in [1.29, 1.82) is 0 Å². The van der Waals surface area contributed by atoms with E-state index in [-0.39, 0.29) is 5.91 Å². The molecule has 0 spiro atoms. The third-order valence-electron chi connectivity index (χ3n) is 4.01. The number of amides is 1. The van der Waals surface area contributed by atoms with Gasteiger partial charge in [-0.05, 0) is 30.9 Å². The average Bonchev–Trinajstić information content (AvgIpc) is 3.08. The van der Waals surface area contributed by atoms with Crippen LogP contribution in [0.1, 0.15) is 32.9 Å². The minimum Gasteiger partial charge on any atom is -0.448 e. The lowest BCUT2D eigenvalue weighted by molar-refractivity contribution is -0.125. The van der Waals surface area contributed by atoms with Gasteiger partial charge in [-0.1, -0.05) is 18.2 Å². The van der Waals surface area contributed by atoms with Gasteiger partial charge in [0.25, 0.3) is 5.91 Å². The van der Waals surface area contributed by atoms with E-state index in [2.05, 4.69) is 10.3 Å². The Balaban J connectivity index is 1.50. The zero-order valence-corrected chi connectivity index (χ0v) is 12.6. The van der Waals surface area contributed by atoms with Gasteiger partial charge in [-0.2, -0.15) is 0 Å². The van der Waals surface area contributed by atoms with Crippen molar-refractivity contribution in [3.63, 3.8) is 0 Å². The van der Waals surface area contributed by atoms with E-state index in [0.717, 1.165) is 30.5 Å². The molecule has 0 bridgehead atoms. The maximum atomic E-state index is 12.3. The predicted molar refractivity (Wildman–Crippen MR) is 82.1 cm³/mol. The number of nitrogens with one attached hydrogen (secondary N) is 1. The first-order chi connectivity index (χ1) is 10.7. The molecule has 1 aromatic heterocycles. The molecule has 1 amide bonds. The molecule has 0 radical (unpaired) electrons. The van der Waals surface area contributed by atoms with E-state index in [4.69, 9.17) is 4.74 Å². The summed E-state index contributed by atoms with van der Waals surface area (Å²) in [6.07, 6.45) is 2.77. The van der Waals surface area contributed by atoms with Crippen LogP contribution < -0.4 is 5.32 Å². The number of aryl methyl sites for hydroxylation is 2. The van der Waals surface area contributed by atoms with Gasteiger partial charge in [-0.15, -0.1) is 11.3 Å². The van der Waals surface area contributed by atoms with E-state index >= 15 is 0 Å². The summed E-state index contributed by atoms with van der Waals surface area (Å²) in [6.45, 7) is 0. The summed E-state index contributed by atoms with van der Waals surface area (Å²) in [5.74, 6) is -0.751. The van der Waals surface area contributed by atoms with E-state index < -0.39 is 12.1 Å². The first-order valence-electron chi connectivity index (χ1n) is 7.29. The zero-order chi connectivity index (χ0) is 15.1. The summed E-state index contributed by atoms with van der Waals surface area (Å²) in [5, 5.41) is 3.39. The number of hydrogen-bond acceptors (Lipinski definition) is 5. The van der Waals surface area contributed by atoms with E-state index in [9.17, 15) is 9.59 Å². The molecule has 6 heteroatoms. The highest BCUT2D eigenvalue weighted by molar-refractivity contribution is 7.15. The monoisotopic (exact) mass is 314 g/mol. The van der Waals surface area contributed by atoms with Gasteiger partial charge in [0.05, 0.1) is 11.3 Å². The fourth-order valence-electron chi connectivity index (χ4n) is 2.91. The van der Waals surface area contributed by atoms with E-state index in [1.165, 1.54) is 16.2 Å². The molecular weight excluding hydrogens is 300 g/mol. The Kier molecular flexibility index (Phi) is 3.18. The molecule has 1 N–H and O–H groups in total. The lowest BCUT2D eigenvalue weighted by Gasteiger charge is -2.23. The third kappa shape index (κ3) is 2.29. The first kappa shape index (κ1) is 13.5. The molecular formula is C16H14N2O3S. The highest BCUT2D eigenvalue weighted by Crippen LogP contribution is 2.31. The van der Waals surface area contributed by atoms with Gasteiger partial charge in [0.2, 0.25) is 0 Å². The minimum absolute atomic E-state index is 0.310. The fraction of sp³-hybridized carbons (Fsp3) is 0.312. The van der Waals surface area contributed by atoms with Crippen molar-refractivity contribution in [3.8, 4) is 0 Å². The molecule has 0 saturated carbocycles. The van der Waals surface area contributed by atoms with Crippen molar-refractivity contribution in [2.45, 2.75) is 31.8 Å². The normalized spacial score (nSPS) is 19.3. The summed E-state index contributed by atoms with van der Waals surface area (Å²) < 4.78 is 5.25. The minimum atomic E-state index is -0.791. The van der Waals surface area contributed by atoms with Gasteiger partial charge in [-0.25, -0.2) is 9.78 Å². The quantitative estimate of drug-likeness (QED) is 0.864. The zero-order valence-electron chi connectivity index (χ0n) is 11.8. The molecule has 0 unspecified atom stereocenters. The fourth-order valence-corrected chi connectivity index (χ4v) is 3.96. The van der Waals surface area contributed by atoms with Crippen LogP contribution in [0.2, 0.25) is 0 Å². The summed E-state index contributed by atoms with van der Waals surface area (Å²) in [4.78, 5) is 30.0. The van der Waals surface area contributed by atoms with Crippen molar-refractivity contribution in [2.75, 3.05) is 5.32 Å². The summed E-state index contributed by atoms with van der Waals surface area (Å²) >= 11 is 1.52. The molecule has 0 saturated heterocycles. The van der Waals surface area contributed by atoms with Crippen LogP contribution >= 0.6 is 11.3 Å². The number of cyclic esters (lactones) is 1. The molecule has 1 aromatic carbocycles. The smallest absolute Gasteiger partial charge is 0.339 e. The molecule has 1 atom stereocenters. The Labute approximate surface area is 131 Å². The Morgan fingerprint density at radius 3 is 3.05 bits per heavy atom. The van der Waals surface area contributed by atoms with Gasteiger partial charge in [0, 0.05) is 11.3 Å². The molecule has 2 aromatic rings. The number of carbonyl (C=O) groups is 2. The molecule has 4 rings (SSSR count). The first-order valence-corrected chi connectivity index (χ1v) is 8.10. The SMILES string of the molecule is O=C1O[C@@H](C(=O)Nc2nc3c(s2)CCC3)Cc2ccccc21. The molecule has 1 aliphatic carbocycles. The van der Waals surface area contributed by atoms with Crippen molar-refractivity contribution in [3.05, 3.63) is 46.0 Å². The van der Waals surface area contributed by atoms with E-state index in [1.54, 1.807) is 12.1 Å². The number of esters is 1. The lowest BCUT2D eigenvalue weighted by Crippen LogP contribution is -2.37. The van der Waals surface area contributed by atoms with Gasteiger partial charge in [-0.3, -0.25) is 10.1 Å². The molecule has 22 heavy (non-hydrogen) atoms. The Morgan fingerprint density at radius 1 is 1.32 bits per heavy atom. The molecule has 5 nitrogen and oxygen atoms in total. The van der Waals surface area contributed by atoms with Crippen LogP contribution in [0.4, 0.5) is 5.13 Å². The largest absolute Gasteiger partial charge is 0.448 e. The van der Waals surface area contributed by atoms with E-state index in [0.29, 0.717) is 17.1 Å². The van der Waals surface area contributed by atoms with Crippen molar-refractivity contribution >= 4 is 28.3 Å². The number of fused-ring (bicyclic) bond motifs is 2. The standard InChI is InChI=1S/C16H14N2O3S/c19-14(18-16-17-11-6-3-7-13(11)22-16)12-8-9-4-1-2-5-10(9)15(20)21-12/h1-2,4-5,12H,3,6-8H2,(H,17,18,19)/t12-/m1/s1. The second-order valence-electron chi connectivity index (χ2n) is 5.49. The van der Waals surface area contributed by atoms with Gasteiger partial charge >= 0.3 is 5.97 Å². The van der Waals surface area contributed by atoms with Crippen molar-refractivity contribution in [2.24, 2.45) is 0 Å². The molecule has 0 fully saturated rings. The van der Waals surface area contributed by atoms with E-state index in [1.807, 2.05) is 12.1 Å². The van der Waals surface area contributed by atoms with Gasteiger partial charge < -0.3 is 4.74 Å². The van der Waals surface area contributed by atoms with Crippen molar-refractivity contribution in [1.82, 2.24) is 4.98 Å². The maximum Gasteiger partial charge on any atom is 0.339 e. The second-order valence-corrected chi connectivity index (χ2v) is 6.57. The highest BCUT2D eigenvalue weighted by atomic mass is 32.1. The van der Waals surface area contributed by atoms with Crippen LogP contribution in [-0.2, 0) is 28.8 Å². The molecule has 112 valence electrons. The van der Waals surface area contributed by atoms with Crippen LogP contribution in [0.25, 0.3) is 0 Å². The maximum absolute atomic E-state index is 12.3. The lowest BCUT2D eigenvalue weighted by atomic mass is 9.98. The van der Waals surface area contributed by atoms with Gasteiger partial charge in [0.1, 0.15) is 0 Å². The second kappa shape index (κ2) is 5.21. The number of ether oxygens (including phenoxy) is 1. The number of hydrogen-bond donors (Lipinski definition) is 1. The van der Waals surface area contributed by atoms with Crippen LogP contribution in [-0.4, -0.2) is 23.0 Å². The Morgan fingerprint density at radius 2 is 2.18 bits per heavy atom. The van der Waals surface area contributed by atoms with Crippen LogP contribution in [0.3, 0.4) is 0 Å². The van der Waals surface area contributed by atoms with Gasteiger partial charge in [0.15, 0.2) is 11.2 Å². The van der Waals surface area contributed by atoms with Crippen LogP contribution in [0, 0.1) is 0 Å². The number of benzene rings is 1. The highest BCUT2D eigenvalue weighted by Gasteiger charge is 2.31. The van der Waals surface area contributed by atoms with Crippen LogP contribution in [0.15, 0.2) is 24.3 Å². The van der Waals surface area contributed by atoms with Crippen molar-refractivity contribution < 1.29 is 14.3 Å². The average molecular weight is 314 g/mol. The topological polar surface area (TPSA) is 68.3 Å². The summed E-state index contributed by atoms with van der Waals surface area (Å²) in [6, 6.07) is 7.22. The molecule has 1 aliphatic heterocycles. The Bertz CT molecular complexity index is 747. The Hall–Kier alpha value is -2.21. The number of rotatable bonds is 2. The number of nitrogens with zero attached hydrogens (tertiary/aromatic N) is 1.